The topological polar surface area (TPSA) is 57.7 Å². The van der Waals surface area contributed by atoms with Crippen LogP contribution in [0.1, 0.15) is 36.0 Å². The molecule has 1 fully saturated rings. The molecule has 0 saturated carbocycles. The molecule has 4 aromatic rings. The van der Waals surface area contributed by atoms with Crippen LogP contribution in [0.15, 0.2) is 54.6 Å². The summed E-state index contributed by atoms with van der Waals surface area (Å²) in [6.07, 6.45) is 2.14. The number of nitrogens with one attached hydrogen (secondary N) is 1. The van der Waals surface area contributed by atoms with Crippen LogP contribution in [0.4, 0.5) is 5.82 Å². The molecule has 0 aliphatic carbocycles. The van der Waals surface area contributed by atoms with E-state index in [2.05, 4.69) is 70.3 Å². The van der Waals surface area contributed by atoms with E-state index in [-0.39, 0.29) is 0 Å². The highest BCUT2D eigenvalue weighted by Gasteiger charge is 2.24. The van der Waals surface area contributed by atoms with Crippen molar-refractivity contribution in [2.24, 2.45) is 0 Å². The zero-order valence-electron chi connectivity index (χ0n) is 16.9. The fourth-order valence-corrected chi connectivity index (χ4v) is 4.13. The molecule has 2 aromatic heterocycles. The molecule has 0 amide bonds. The number of anilines is 1. The smallest absolute Gasteiger partial charge is 0.132 e. The summed E-state index contributed by atoms with van der Waals surface area (Å²) < 4.78 is 0. The minimum atomic E-state index is 0.471. The number of benzene rings is 2. The molecule has 0 spiro atoms. The van der Waals surface area contributed by atoms with Gasteiger partial charge in [-0.3, -0.25) is 0 Å². The minimum absolute atomic E-state index is 0.471. The number of nitrogens with zero attached hydrogens (tertiary/aromatic N) is 4. The SMILES string of the molecule is Cc1ccc(-c2cc(N3CCC(c4nc5ccccc5[nH]4)CC3)nc(C)n2)cc1. The number of piperidine rings is 1. The maximum Gasteiger partial charge on any atom is 0.132 e. The highest BCUT2D eigenvalue weighted by molar-refractivity contribution is 5.74. The average Bonchev–Trinajstić information content (AvgIpc) is 3.18. The Morgan fingerprint density at radius 1 is 0.897 bits per heavy atom. The van der Waals surface area contributed by atoms with Crippen molar-refractivity contribution >= 4 is 16.9 Å². The van der Waals surface area contributed by atoms with Crippen LogP contribution in [0, 0.1) is 13.8 Å². The fraction of sp³-hybridized carbons (Fsp3) is 0.292. The Kier molecular flexibility index (Phi) is 4.51. The summed E-state index contributed by atoms with van der Waals surface area (Å²) in [6.45, 7) is 6.03. The molecule has 5 nitrogen and oxygen atoms in total. The summed E-state index contributed by atoms with van der Waals surface area (Å²) >= 11 is 0. The summed E-state index contributed by atoms with van der Waals surface area (Å²) in [5, 5.41) is 0. The standard InChI is InChI=1S/C24H25N5/c1-16-7-9-18(10-8-16)22-15-23(26-17(2)25-22)29-13-11-19(12-14-29)24-27-20-5-3-4-6-21(20)28-24/h3-10,15,19H,11-14H2,1-2H3,(H,27,28). The third kappa shape index (κ3) is 3.60. The molecular weight excluding hydrogens is 358 g/mol. The quantitative estimate of drug-likeness (QED) is 0.540. The second kappa shape index (κ2) is 7.32. The van der Waals surface area contributed by atoms with Crippen molar-refractivity contribution in [3.63, 3.8) is 0 Å². The van der Waals surface area contributed by atoms with Gasteiger partial charge in [0.2, 0.25) is 0 Å². The van der Waals surface area contributed by atoms with Crippen LogP contribution in [0.3, 0.4) is 0 Å². The number of rotatable bonds is 3. The lowest BCUT2D eigenvalue weighted by atomic mass is 9.96. The lowest BCUT2D eigenvalue weighted by molar-refractivity contribution is 0.487. The Hall–Kier alpha value is -3.21. The van der Waals surface area contributed by atoms with Gasteiger partial charge in [0, 0.05) is 30.6 Å². The monoisotopic (exact) mass is 383 g/mol. The van der Waals surface area contributed by atoms with Gasteiger partial charge in [-0.15, -0.1) is 0 Å². The maximum absolute atomic E-state index is 4.81. The highest BCUT2D eigenvalue weighted by Crippen LogP contribution is 2.31. The van der Waals surface area contributed by atoms with E-state index in [1.807, 2.05) is 13.0 Å². The van der Waals surface area contributed by atoms with Gasteiger partial charge in [-0.1, -0.05) is 42.0 Å². The molecule has 2 aromatic carbocycles. The zero-order valence-corrected chi connectivity index (χ0v) is 16.9. The molecule has 5 rings (SSSR count). The summed E-state index contributed by atoms with van der Waals surface area (Å²) in [5.41, 5.74) is 5.57. The Balaban J connectivity index is 1.34. The van der Waals surface area contributed by atoms with Gasteiger partial charge in [0.15, 0.2) is 0 Å². The van der Waals surface area contributed by atoms with E-state index in [1.165, 1.54) is 5.56 Å². The third-order valence-corrected chi connectivity index (χ3v) is 5.79. The second-order valence-electron chi connectivity index (χ2n) is 7.93. The zero-order chi connectivity index (χ0) is 19.8. The van der Waals surface area contributed by atoms with Gasteiger partial charge >= 0.3 is 0 Å². The van der Waals surface area contributed by atoms with E-state index in [0.717, 1.165) is 65.7 Å². The molecule has 0 atom stereocenters. The predicted molar refractivity (Wildman–Crippen MR) is 117 cm³/mol. The Morgan fingerprint density at radius 3 is 2.41 bits per heavy atom. The van der Waals surface area contributed by atoms with Crippen molar-refractivity contribution in [1.29, 1.82) is 0 Å². The number of para-hydroxylation sites is 2. The summed E-state index contributed by atoms with van der Waals surface area (Å²) in [4.78, 5) is 20.1. The lowest BCUT2D eigenvalue weighted by Gasteiger charge is -2.32. The summed E-state index contributed by atoms with van der Waals surface area (Å²) in [5.74, 6) is 3.43. The number of aryl methyl sites for hydroxylation is 2. The van der Waals surface area contributed by atoms with Crippen molar-refractivity contribution in [3.05, 3.63) is 71.8 Å². The number of H-pyrrole nitrogens is 1. The van der Waals surface area contributed by atoms with Gasteiger partial charge in [0.25, 0.3) is 0 Å². The van der Waals surface area contributed by atoms with Crippen LogP contribution in [0.2, 0.25) is 0 Å². The van der Waals surface area contributed by atoms with Crippen LogP contribution < -0.4 is 4.90 Å². The minimum Gasteiger partial charge on any atom is -0.356 e. The lowest BCUT2D eigenvalue weighted by Crippen LogP contribution is -2.34. The molecule has 5 heteroatoms. The molecule has 1 N–H and O–H groups in total. The van der Waals surface area contributed by atoms with Crippen molar-refractivity contribution in [2.75, 3.05) is 18.0 Å². The van der Waals surface area contributed by atoms with E-state index >= 15 is 0 Å². The largest absolute Gasteiger partial charge is 0.356 e. The number of hydrogen-bond acceptors (Lipinski definition) is 4. The van der Waals surface area contributed by atoms with Crippen LogP contribution >= 0.6 is 0 Å². The normalized spacial score (nSPS) is 15.2. The van der Waals surface area contributed by atoms with Crippen molar-refractivity contribution < 1.29 is 0 Å². The van der Waals surface area contributed by atoms with E-state index < -0.39 is 0 Å². The highest BCUT2D eigenvalue weighted by atomic mass is 15.2. The number of aromatic nitrogens is 4. The number of aromatic amines is 1. The second-order valence-corrected chi connectivity index (χ2v) is 7.93. The molecular formula is C24H25N5. The molecule has 0 radical (unpaired) electrons. The van der Waals surface area contributed by atoms with Crippen LogP contribution in [0.25, 0.3) is 22.3 Å². The van der Waals surface area contributed by atoms with Gasteiger partial charge in [-0.05, 0) is 38.8 Å². The Bertz CT molecular complexity index is 1100. The molecule has 0 bridgehead atoms. The van der Waals surface area contributed by atoms with Gasteiger partial charge < -0.3 is 9.88 Å². The third-order valence-electron chi connectivity index (χ3n) is 5.79. The van der Waals surface area contributed by atoms with E-state index in [9.17, 15) is 0 Å². The molecule has 1 aliphatic heterocycles. The van der Waals surface area contributed by atoms with E-state index in [0.29, 0.717) is 5.92 Å². The van der Waals surface area contributed by atoms with Gasteiger partial charge in [-0.25, -0.2) is 15.0 Å². The number of imidazole rings is 1. The van der Waals surface area contributed by atoms with Crippen LogP contribution in [0.5, 0.6) is 0 Å². The van der Waals surface area contributed by atoms with E-state index in [1.54, 1.807) is 0 Å². The maximum atomic E-state index is 4.81. The first-order valence-corrected chi connectivity index (χ1v) is 10.3. The summed E-state index contributed by atoms with van der Waals surface area (Å²) in [6, 6.07) is 18.9. The Morgan fingerprint density at radius 2 is 1.66 bits per heavy atom. The Labute approximate surface area is 170 Å². The molecule has 1 saturated heterocycles. The first kappa shape index (κ1) is 17.9. The number of hydrogen-bond donors (Lipinski definition) is 1. The van der Waals surface area contributed by atoms with Crippen molar-refractivity contribution in [2.45, 2.75) is 32.6 Å². The van der Waals surface area contributed by atoms with Crippen LogP contribution in [-0.2, 0) is 0 Å². The first-order valence-electron chi connectivity index (χ1n) is 10.3. The number of fused-ring (bicyclic) bond motifs is 1. The predicted octanol–water partition coefficient (Wildman–Crippen LogP) is 5.02. The molecule has 0 unspecified atom stereocenters. The molecule has 3 heterocycles. The summed E-state index contributed by atoms with van der Waals surface area (Å²) in [7, 11) is 0. The van der Waals surface area contributed by atoms with Gasteiger partial charge in [0.05, 0.1) is 16.7 Å². The average molecular weight is 383 g/mol. The molecule has 1 aliphatic rings. The first-order chi connectivity index (χ1) is 14.2. The molecule has 146 valence electrons. The van der Waals surface area contributed by atoms with Crippen molar-refractivity contribution in [1.82, 2.24) is 19.9 Å². The van der Waals surface area contributed by atoms with E-state index in [4.69, 9.17) is 9.97 Å². The fourth-order valence-electron chi connectivity index (χ4n) is 4.13. The molecule has 29 heavy (non-hydrogen) atoms. The van der Waals surface area contributed by atoms with Crippen molar-refractivity contribution in [3.8, 4) is 11.3 Å². The van der Waals surface area contributed by atoms with Gasteiger partial charge in [-0.2, -0.15) is 0 Å². The van der Waals surface area contributed by atoms with Gasteiger partial charge in [0.1, 0.15) is 17.5 Å². The van der Waals surface area contributed by atoms with Crippen LogP contribution in [-0.4, -0.2) is 33.0 Å².